The Morgan fingerprint density at radius 2 is 1.54 bits per heavy atom. The molecule has 0 aromatic heterocycles. The number of aryl methyl sites for hydroxylation is 3. The maximum Gasteiger partial charge on any atom is 0.273 e. The number of hydrogen-bond acceptors (Lipinski definition) is 4. The van der Waals surface area contributed by atoms with E-state index in [0.29, 0.717) is 10.7 Å². The number of carbonyl (C=O) groups is 4. The maximum atomic E-state index is 13.5. The average molecular weight is 490 g/mol. The Morgan fingerprint density at radius 3 is 2.17 bits per heavy atom. The van der Waals surface area contributed by atoms with Crippen molar-refractivity contribution in [2.75, 3.05) is 4.90 Å². The minimum Gasteiger partial charge on any atom is -0.274 e. The molecular formula is C27H24ClN3O4. The fraction of sp³-hybridized carbons (Fsp3) is 0.185. The van der Waals surface area contributed by atoms with E-state index in [4.69, 9.17) is 11.6 Å². The number of hydrogen-bond donors (Lipinski definition) is 1. The Bertz CT molecular complexity index is 1320. The Morgan fingerprint density at radius 1 is 0.886 bits per heavy atom. The minimum absolute atomic E-state index is 0.249. The number of imide groups is 1. The summed E-state index contributed by atoms with van der Waals surface area (Å²) >= 11 is 5.92. The number of nitrogens with zero attached hydrogens (tertiary/aromatic N) is 2. The van der Waals surface area contributed by atoms with Crippen LogP contribution in [0.1, 0.15) is 43.8 Å². The monoisotopic (exact) mass is 489 g/mol. The summed E-state index contributed by atoms with van der Waals surface area (Å²) in [6.07, 6.45) is -0.260. The van der Waals surface area contributed by atoms with Gasteiger partial charge in [0.25, 0.3) is 17.7 Å². The summed E-state index contributed by atoms with van der Waals surface area (Å²) in [6, 6.07) is 17.1. The molecule has 1 unspecified atom stereocenters. The molecule has 1 aliphatic rings. The zero-order chi connectivity index (χ0) is 25.3. The highest BCUT2D eigenvalue weighted by atomic mass is 35.5. The molecule has 1 N–H and O–H groups in total. The van der Waals surface area contributed by atoms with Crippen molar-refractivity contribution in [1.82, 2.24) is 10.4 Å². The van der Waals surface area contributed by atoms with Crippen LogP contribution < -0.4 is 10.3 Å². The van der Waals surface area contributed by atoms with Gasteiger partial charge in [0.1, 0.15) is 6.04 Å². The molecule has 35 heavy (non-hydrogen) atoms. The summed E-state index contributed by atoms with van der Waals surface area (Å²) in [5.74, 6) is -2.23. The molecular weight excluding hydrogens is 466 g/mol. The van der Waals surface area contributed by atoms with E-state index in [2.05, 4.69) is 5.43 Å². The molecule has 4 amide bonds. The minimum atomic E-state index is -1.20. The van der Waals surface area contributed by atoms with E-state index in [0.717, 1.165) is 26.6 Å². The Hall–Kier alpha value is -3.97. The molecule has 1 saturated heterocycles. The molecule has 0 saturated carbocycles. The third-order valence-electron chi connectivity index (χ3n) is 5.71. The fourth-order valence-corrected chi connectivity index (χ4v) is 4.26. The zero-order valence-corrected chi connectivity index (χ0v) is 20.3. The first kappa shape index (κ1) is 24.2. The van der Waals surface area contributed by atoms with Crippen LogP contribution in [0, 0.1) is 20.8 Å². The number of carbonyl (C=O) groups excluding carboxylic acids is 4. The number of anilines is 1. The first-order valence-corrected chi connectivity index (χ1v) is 11.4. The van der Waals surface area contributed by atoms with Gasteiger partial charge in [-0.15, -0.1) is 0 Å². The molecule has 3 aromatic rings. The third-order valence-corrected chi connectivity index (χ3v) is 5.96. The Kier molecular flexibility index (Phi) is 6.71. The van der Waals surface area contributed by atoms with Gasteiger partial charge in [-0.05, 0) is 80.4 Å². The SMILES string of the molecule is Cc1cccc(C(=O)N(NC(=O)c2ccc(Cl)cc2)C2CC(=O)N(c3cc(C)cc(C)c3)C2=O)c1. The number of rotatable bonds is 4. The van der Waals surface area contributed by atoms with Gasteiger partial charge in [0.15, 0.2) is 0 Å². The molecule has 1 fully saturated rings. The maximum absolute atomic E-state index is 13.5. The van der Waals surface area contributed by atoms with Crippen LogP contribution >= 0.6 is 11.6 Å². The van der Waals surface area contributed by atoms with E-state index in [1.165, 1.54) is 12.1 Å². The topological polar surface area (TPSA) is 86.8 Å². The largest absolute Gasteiger partial charge is 0.274 e. The van der Waals surface area contributed by atoms with Crippen molar-refractivity contribution < 1.29 is 19.2 Å². The molecule has 0 bridgehead atoms. The van der Waals surface area contributed by atoms with Crippen LogP contribution in [0.5, 0.6) is 0 Å². The molecule has 0 aliphatic carbocycles. The fourth-order valence-electron chi connectivity index (χ4n) is 4.13. The van der Waals surface area contributed by atoms with Gasteiger partial charge in [-0.1, -0.05) is 35.4 Å². The molecule has 0 radical (unpaired) electrons. The molecule has 3 aromatic carbocycles. The Labute approximate surface area is 208 Å². The first-order valence-electron chi connectivity index (χ1n) is 11.1. The van der Waals surface area contributed by atoms with Crippen LogP contribution in [-0.2, 0) is 9.59 Å². The van der Waals surface area contributed by atoms with E-state index >= 15 is 0 Å². The molecule has 7 nitrogen and oxygen atoms in total. The van der Waals surface area contributed by atoms with Gasteiger partial charge in [0.05, 0.1) is 12.1 Å². The van der Waals surface area contributed by atoms with Gasteiger partial charge in [-0.2, -0.15) is 0 Å². The summed E-state index contributed by atoms with van der Waals surface area (Å²) in [5.41, 5.74) is 6.16. The van der Waals surface area contributed by atoms with E-state index in [1.54, 1.807) is 42.5 Å². The van der Waals surface area contributed by atoms with E-state index in [9.17, 15) is 19.2 Å². The summed E-state index contributed by atoms with van der Waals surface area (Å²) in [7, 11) is 0. The van der Waals surface area contributed by atoms with Gasteiger partial charge < -0.3 is 0 Å². The average Bonchev–Trinajstić information content (AvgIpc) is 3.10. The van der Waals surface area contributed by atoms with Gasteiger partial charge in [-0.3, -0.25) is 24.6 Å². The van der Waals surface area contributed by atoms with E-state index in [-0.39, 0.29) is 17.5 Å². The number of hydrazine groups is 1. The van der Waals surface area contributed by atoms with Crippen molar-refractivity contribution in [2.24, 2.45) is 0 Å². The van der Waals surface area contributed by atoms with Gasteiger partial charge in [0, 0.05) is 16.1 Å². The second kappa shape index (κ2) is 9.72. The van der Waals surface area contributed by atoms with Gasteiger partial charge in [-0.25, -0.2) is 9.91 Å². The predicted octanol–water partition coefficient (Wildman–Crippen LogP) is 4.38. The lowest BCUT2D eigenvalue weighted by atomic mass is 10.1. The standard InChI is InChI=1S/C27H24ClN3O4/c1-16-5-4-6-20(12-16)26(34)31(29-25(33)19-7-9-21(28)10-8-19)23-15-24(32)30(27(23)35)22-13-17(2)11-18(3)14-22/h4-14,23H,15H2,1-3H3,(H,29,33). The third kappa shape index (κ3) is 5.10. The quantitative estimate of drug-likeness (QED) is 0.435. The lowest BCUT2D eigenvalue weighted by Gasteiger charge is -2.28. The number of benzene rings is 3. The van der Waals surface area contributed by atoms with Gasteiger partial charge in [0.2, 0.25) is 5.91 Å². The second-order valence-corrected chi connectivity index (χ2v) is 9.06. The predicted molar refractivity (Wildman–Crippen MR) is 133 cm³/mol. The highest BCUT2D eigenvalue weighted by Gasteiger charge is 2.45. The number of amides is 4. The zero-order valence-electron chi connectivity index (χ0n) is 19.5. The van der Waals surface area contributed by atoms with Crippen LogP contribution in [0.3, 0.4) is 0 Å². The van der Waals surface area contributed by atoms with Crippen molar-refractivity contribution >= 4 is 40.9 Å². The van der Waals surface area contributed by atoms with Crippen molar-refractivity contribution in [1.29, 1.82) is 0 Å². The molecule has 4 rings (SSSR count). The lowest BCUT2D eigenvalue weighted by molar-refractivity contribution is -0.122. The normalized spacial score (nSPS) is 15.3. The highest BCUT2D eigenvalue weighted by molar-refractivity contribution is 6.30. The summed E-state index contributed by atoms with van der Waals surface area (Å²) in [5, 5.41) is 1.42. The van der Waals surface area contributed by atoms with Crippen LogP contribution in [-0.4, -0.2) is 34.7 Å². The summed E-state index contributed by atoms with van der Waals surface area (Å²) in [4.78, 5) is 54.0. The number of halogens is 1. The van der Waals surface area contributed by atoms with Crippen molar-refractivity contribution in [3.63, 3.8) is 0 Å². The summed E-state index contributed by atoms with van der Waals surface area (Å²) in [6.45, 7) is 5.58. The molecule has 8 heteroatoms. The van der Waals surface area contributed by atoms with E-state index in [1.807, 2.05) is 32.9 Å². The smallest absolute Gasteiger partial charge is 0.273 e. The first-order chi connectivity index (χ1) is 16.6. The van der Waals surface area contributed by atoms with Crippen LogP contribution in [0.2, 0.25) is 5.02 Å². The lowest BCUT2D eigenvalue weighted by Crippen LogP contribution is -2.54. The highest BCUT2D eigenvalue weighted by Crippen LogP contribution is 2.28. The second-order valence-electron chi connectivity index (χ2n) is 8.63. The molecule has 1 aliphatic heterocycles. The van der Waals surface area contributed by atoms with Crippen molar-refractivity contribution in [3.8, 4) is 0 Å². The van der Waals surface area contributed by atoms with Crippen molar-refractivity contribution in [2.45, 2.75) is 33.2 Å². The molecule has 178 valence electrons. The Balaban J connectivity index is 1.70. The van der Waals surface area contributed by atoms with E-state index < -0.39 is 29.7 Å². The summed E-state index contributed by atoms with van der Waals surface area (Å²) < 4.78 is 0. The molecule has 1 atom stereocenters. The van der Waals surface area contributed by atoms with Crippen molar-refractivity contribution in [3.05, 3.63) is 99.6 Å². The van der Waals surface area contributed by atoms with Crippen LogP contribution in [0.4, 0.5) is 5.69 Å². The molecule has 0 spiro atoms. The van der Waals surface area contributed by atoms with Crippen LogP contribution in [0.15, 0.2) is 66.7 Å². The van der Waals surface area contributed by atoms with Crippen LogP contribution in [0.25, 0.3) is 0 Å². The van der Waals surface area contributed by atoms with Gasteiger partial charge >= 0.3 is 0 Å². The molecule has 1 heterocycles. The number of nitrogens with one attached hydrogen (secondary N) is 1.